The quantitative estimate of drug-likeness (QED) is 0.852. The first-order valence-corrected chi connectivity index (χ1v) is 8.47. The molecule has 6 nitrogen and oxygen atoms in total. The van der Waals surface area contributed by atoms with Crippen LogP contribution in [0.5, 0.6) is 0 Å². The smallest absolute Gasteiger partial charge is 0.251 e. The van der Waals surface area contributed by atoms with Crippen molar-refractivity contribution in [1.29, 1.82) is 0 Å². The summed E-state index contributed by atoms with van der Waals surface area (Å²) < 4.78 is 1.78. The lowest BCUT2D eigenvalue weighted by molar-refractivity contribution is 0.0950. The first kappa shape index (κ1) is 17.1. The van der Waals surface area contributed by atoms with Gasteiger partial charge in [-0.25, -0.2) is 9.66 Å². The van der Waals surface area contributed by atoms with Crippen LogP contribution in [0.25, 0.3) is 11.3 Å². The molecule has 0 atom stereocenters. The fourth-order valence-electron chi connectivity index (χ4n) is 2.69. The minimum absolute atomic E-state index is 0.00119. The second kappa shape index (κ2) is 7.01. The number of hydrogen-bond acceptors (Lipinski definition) is 4. The van der Waals surface area contributed by atoms with E-state index in [9.17, 15) is 4.79 Å². The van der Waals surface area contributed by atoms with E-state index in [4.69, 9.17) is 0 Å². The highest BCUT2D eigenvalue weighted by atomic mass is 16.1. The summed E-state index contributed by atoms with van der Waals surface area (Å²) in [6, 6.07) is 6.17. The summed E-state index contributed by atoms with van der Waals surface area (Å²) in [6.07, 6.45) is 5.67. The lowest BCUT2D eigenvalue weighted by Gasteiger charge is -2.10. The van der Waals surface area contributed by atoms with Crippen LogP contribution in [-0.4, -0.2) is 40.6 Å². The average Bonchev–Trinajstić information content (AvgIpc) is 3.31. The minimum atomic E-state index is 0.00119. The molecule has 0 unspecified atom stereocenters. The van der Waals surface area contributed by atoms with E-state index < -0.39 is 0 Å². The Bertz CT molecular complexity index is 859. The van der Waals surface area contributed by atoms with Gasteiger partial charge in [-0.3, -0.25) is 9.79 Å². The number of carbonyl (C=O) groups excluding carboxylic acids is 1. The van der Waals surface area contributed by atoms with Gasteiger partial charge in [0.2, 0.25) is 0 Å². The van der Waals surface area contributed by atoms with Crippen molar-refractivity contribution in [3.63, 3.8) is 0 Å². The first-order chi connectivity index (χ1) is 12.0. The van der Waals surface area contributed by atoms with Gasteiger partial charge in [0.1, 0.15) is 0 Å². The monoisotopic (exact) mass is 337 g/mol. The largest absolute Gasteiger partial charge is 0.349 e. The zero-order chi connectivity index (χ0) is 18.0. The highest BCUT2D eigenvalue weighted by molar-refractivity contribution is 5.97. The third kappa shape index (κ3) is 3.52. The molecule has 0 saturated heterocycles. The molecule has 1 aliphatic rings. The highest BCUT2D eigenvalue weighted by Crippen LogP contribution is 2.25. The molecule has 1 aromatic carbocycles. The van der Waals surface area contributed by atoms with E-state index in [-0.39, 0.29) is 5.91 Å². The normalized spacial score (nSPS) is 15.0. The van der Waals surface area contributed by atoms with E-state index in [1.807, 2.05) is 39.0 Å². The predicted octanol–water partition coefficient (Wildman–Crippen LogP) is 3.04. The molecule has 1 aliphatic carbocycles. The van der Waals surface area contributed by atoms with Crippen molar-refractivity contribution in [2.75, 3.05) is 7.05 Å². The first-order valence-electron chi connectivity index (χ1n) is 8.47. The van der Waals surface area contributed by atoms with Crippen molar-refractivity contribution < 1.29 is 4.79 Å². The van der Waals surface area contributed by atoms with Gasteiger partial charge in [-0.2, -0.15) is 5.10 Å². The SMILES string of the molecule is CC=Nn1c(-c2ccc(C(=O)NC3CC3)c(C)c2)cnc1C(C)=NC. The molecule has 1 amide bonds. The van der Waals surface area contributed by atoms with Gasteiger partial charge in [-0.15, -0.1) is 0 Å². The van der Waals surface area contributed by atoms with Gasteiger partial charge in [0, 0.05) is 30.4 Å². The van der Waals surface area contributed by atoms with Crippen molar-refractivity contribution in [2.45, 2.75) is 39.7 Å². The summed E-state index contributed by atoms with van der Waals surface area (Å²) in [7, 11) is 1.74. The molecule has 1 aromatic heterocycles. The van der Waals surface area contributed by atoms with Crippen LogP contribution in [0.3, 0.4) is 0 Å². The highest BCUT2D eigenvalue weighted by Gasteiger charge is 2.24. The van der Waals surface area contributed by atoms with Crippen LogP contribution in [0.15, 0.2) is 34.5 Å². The second-order valence-electron chi connectivity index (χ2n) is 6.24. The van der Waals surface area contributed by atoms with Gasteiger partial charge >= 0.3 is 0 Å². The molecular weight excluding hydrogens is 314 g/mol. The maximum Gasteiger partial charge on any atom is 0.251 e. The van der Waals surface area contributed by atoms with Gasteiger partial charge in [0.15, 0.2) is 5.82 Å². The van der Waals surface area contributed by atoms with Gasteiger partial charge < -0.3 is 5.32 Å². The maximum absolute atomic E-state index is 12.3. The summed E-state index contributed by atoms with van der Waals surface area (Å²) in [5.41, 5.74) is 4.30. The van der Waals surface area contributed by atoms with Crippen molar-refractivity contribution in [1.82, 2.24) is 15.0 Å². The fourth-order valence-corrected chi connectivity index (χ4v) is 2.69. The van der Waals surface area contributed by atoms with Gasteiger partial charge in [-0.1, -0.05) is 6.07 Å². The Morgan fingerprint density at radius 3 is 2.76 bits per heavy atom. The fraction of sp³-hybridized carbons (Fsp3) is 0.368. The third-order valence-corrected chi connectivity index (χ3v) is 4.31. The zero-order valence-electron chi connectivity index (χ0n) is 15.1. The number of carbonyl (C=O) groups is 1. The minimum Gasteiger partial charge on any atom is -0.349 e. The number of rotatable bonds is 5. The standard InChI is InChI=1S/C19H23N5O/c1-5-22-24-17(11-21-18(24)13(3)20-4)14-6-9-16(12(2)10-14)19(25)23-15-7-8-15/h5-6,9-11,15H,7-8H2,1-4H3,(H,23,25). The van der Waals surface area contributed by atoms with E-state index >= 15 is 0 Å². The van der Waals surface area contributed by atoms with Crippen LogP contribution in [0.2, 0.25) is 0 Å². The van der Waals surface area contributed by atoms with Crippen LogP contribution in [0.1, 0.15) is 48.4 Å². The van der Waals surface area contributed by atoms with E-state index in [2.05, 4.69) is 20.4 Å². The Hall–Kier alpha value is -2.76. The van der Waals surface area contributed by atoms with Gasteiger partial charge in [0.05, 0.1) is 17.6 Å². The molecular formula is C19H23N5O. The van der Waals surface area contributed by atoms with Crippen LogP contribution >= 0.6 is 0 Å². The summed E-state index contributed by atoms with van der Waals surface area (Å²) in [5, 5.41) is 7.45. The Morgan fingerprint density at radius 1 is 1.40 bits per heavy atom. The average molecular weight is 337 g/mol. The zero-order valence-corrected chi connectivity index (χ0v) is 15.1. The van der Waals surface area contributed by atoms with Crippen LogP contribution in [0.4, 0.5) is 0 Å². The molecule has 130 valence electrons. The van der Waals surface area contributed by atoms with Crippen molar-refractivity contribution in [2.24, 2.45) is 10.1 Å². The second-order valence-corrected chi connectivity index (χ2v) is 6.24. The molecule has 0 aliphatic heterocycles. The molecule has 0 bridgehead atoms. The summed E-state index contributed by atoms with van der Waals surface area (Å²) >= 11 is 0. The maximum atomic E-state index is 12.3. The van der Waals surface area contributed by atoms with Crippen LogP contribution in [-0.2, 0) is 0 Å². The van der Waals surface area contributed by atoms with E-state index in [0.717, 1.165) is 35.4 Å². The number of aryl methyl sites for hydroxylation is 1. The molecule has 6 heteroatoms. The molecule has 2 aromatic rings. The van der Waals surface area contributed by atoms with Gasteiger partial charge in [-0.05, 0) is 51.3 Å². The number of benzene rings is 1. The number of nitrogens with zero attached hydrogens (tertiary/aromatic N) is 4. The van der Waals surface area contributed by atoms with E-state index in [1.54, 1.807) is 24.1 Å². The predicted molar refractivity (Wildman–Crippen MR) is 101 cm³/mol. The Balaban J connectivity index is 1.98. The Kier molecular flexibility index (Phi) is 4.79. The number of hydrogen-bond donors (Lipinski definition) is 1. The number of aliphatic imine (C=N–C) groups is 1. The summed E-state index contributed by atoms with van der Waals surface area (Å²) in [4.78, 5) is 21.0. The molecule has 25 heavy (non-hydrogen) atoms. The van der Waals surface area contributed by atoms with E-state index in [1.165, 1.54) is 0 Å². The molecule has 1 saturated carbocycles. The number of aromatic nitrogens is 2. The molecule has 0 spiro atoms. The lowest BCUT2D eigenvalue weighted by Crippen LogP contribution is -2.26. The van der Waals surface area contributed by atoms with Crippen molar-refractivity contribution >= 4 is 17.8 Å². The van der Waals surface area contributed by atoms with Gasteiger partial charge in [0.25, 0.3) is 5.91 Å². The number of nitrogens with one attached hydrogen (secondary N) is 1. The molecule has 1 N–H and O–H groups in total. The topological polar surface area (TPSA) is 71.6 Å². The number of amides is 1. The van der Waals surface area contributed by atoms with E-state index in [0.29, 0.717) is 17.4 Å². The lowest BCUT2D eigenvalue weighted by atomic mass is 10.0. The number of imidazole rings is 1. The molecule has 0 radical (unpaired) electrons. The van der Waals surface area contributed by atoms with Crippen molar-refractivity contribution in [3.05, 3.63) is 41.3 Å². The van der Waals surface area contributed by atoms with Crippen molar-refractivity contribution in [3.8, 4) is 11.3 Å². The van der Waals surface area contributed by atoms with Crippen LogP contribution < -0.4 is 5.32 Å². The summed E-state index contributed by atoms with van der Waals surface area (Å²) in [5.74, 6) is 0.713. The van der Waals surface area contributed by atoms with Crippen LogP contribution in [0, 0.1) is 6.92 Å². The molecule has 1 fully saturated rings. The summed E-state index contributed by atoms with van der Waals surface area (Å²) in [6.45, 7) is 5.72. The third-order valence-electron chi connectivity index (χ3n) is 4.31. The Labute approximate surface area is 147 Å². The molecule has 3 rings (SSSR count). The Morgan fingerprint density at radius 2 is 2.16 bits per heavy atom. The molecule has 1 heterocycles.